The SMILES string of the molecule is CCS(=O)(=O)CCCC(C)CCNC1CC1. The molecule has 16 heavy (non-hydrogen) atoms. The van der Waals surface area contributed by atoms with Crippen LogP contribution in [0.15, 0.2) is 0 Å². The molecular formula is C12H25NO2S. The molecule has 1 rings (SSSR count). The molecule has 0 aromatic carbocycles. The lowest BCUT2D eigenvalue weighted by Crippen LogP contribution is -2.19. The number of hydrogen-bond acceptors (Lipinski definition) is 3. The van der Waals surface area contributed by atoms with Gasteiger partial charge in [0.15, 0.2) is 0 Å². The van der Waals surface area contributed by atoms with Gasteiger partial charge in [-0.15, -0.1) is 0 Å². The van der Waals surface area contributed by atoms with E-state index in [4.69, 9.17) is 0 Å². The summed E-state index contributed by atoms with van der Waals surface area (Å²) in [5, 5.41) is 3.49. The molecule has 0 heterocycles. The van der Waals surface area contributed by atoms with Gasteiger partial charge in [-0.1, -0.05) is 13.8 Å². The molecule has 0 saturated heterocycles. The topological polar surface area (TPSA) is 46.2 Å². The molecule has 1 aliphatic rings. The van der Waals surface area contributed by atoms with E-state index in [9.17, 15) is 8.42 Å². The Kier molecular flexibility index (Phi) is 5.76. The molecule has 0 spiro atoms. The summed E-state index contributed by atoms with van der Waals surface area (Å²) >= 11 is 0. The number of hydrogen-bond donors (Lipinski definition) is 1. The summed E-state index contributed by atoms with van der Waals surface area (Å²) in [5.41, 5.74) is 0. The summed E-state index contributed by atoms with van der Waals surface area (Å²) < 4.78 is 22.6. The van der Waals surface area contributed by atoms with Crippen LogP contribution in [-0.2, 0) is 9.84 Å². The molecule has 1 fully saturated rings. The van der Waals surface area contributed by atoms with Gasteiger partial charge in [0.25, 0.3) is 0 Å². The Morgan fingerprint density at radius 2 is 2.00 bits per heavy atom. The molecule has 0 aromatic heterocycles. The maximum atomic E-state index is 11.3. The maximum absolute atomic E-state index is 11.3. The fourth-order valence-corrected chi connectivity index (χ4v) is 2.66. The summed E-state index contributed by atoms with van der Waals surface area (Å²) in [6.07, 6.45) is 5.70. The molecule has 1 aliphatic carbocycles. The van der Waals surface area contributed by atoms with E-state index in [2.05, 4.69) is 12.2 Å². The van der Waals surface area contributed by atoms with Gasteiger partial charge in [-0.05, 0) is 44.6 Å². The minimum Gasteiger partial charge on any atom is -0.314 e. The quantitative estimate of drug-likeness (QED) is 0.677. The lowest BCUT2D eigenvalue weighted by atomic mass is 10.0. The first-order chi connectivity index (χ1) is 7.53. The molecule has 1 unspecified atom stereocenters. The summed E-state index contributed by atoms with van der Waals surface area (Å²) in [7, 11) is -2.75. The Bertz CT molecular complexity index is 283. The fourth-order valence-electron chi connectivity index (χ4n) is 1.76. The van der Waals surface area contributed by atoms with Crippen LogP contribution in [0, 0.1) is 5.92 Å². The smallest absolute Gasteiger partial charge is 0.150 e. The Morgan fingerprint density at radius 3 is 2.56 bits per heavy atom. The van der Waals surface area contributed by atoms with E-state index in [0.717, 1.165) is 25.4 Å². The van der Waals surface area contributed by atoms with Gasteiger partial charge < -0.3 is 5.32 Å². The molecule has 0 aromatic rings. The van der Waals surface area contributed by atoms with E-state index < -0.39 is 9.84 Å². The predicted octanol–water partition coefficient (Wildman–Crippen LogP) is 1.98. The van der Waals surface area contributed by atoms with Crippen LogP contribution in [0.25, 0.3) is 0 Å². The standard InChI is InChI=1S/C12H25NO2S/c1-3-16(14,15)10-4-5-11(2)8-9-13-12-6-7-12/h11-13H,3-10H2,1-2H3. The molecule has 96 valence electrons. The Balaban J connectivity index is 1.98. The van der Waals surface area contributed by atoms with Crippen LogP contribution in [0.1, 0.15) is 46.0 Å². The van der Waals surface area contributed by atoms with Gasteiger partial charge in [0.05, 0.1) is 5.75 Å². The first-order valence-corrected chi connectivity index (χ1v) is 8.29. The first kappa shape index (κ1) is 14.0. The average molecular weight is 247 g/mol. The van der Waals surface area contributed by atoms with Crippen LogP contribution in [0.4, 0.5) is 0 Å². The van der Waals surface area contributed by atoms with Crippen molar-refractivity contribution >= 4 is 9.84 Å². The largest absolute Gasteiger partial charge is 0.314 e. The number of rotatable bonds is 9. The van der Waals surface area contributed by atoms with E-state index in [0.29, 0.717) is 11.7 Å². The van der Waals surface area contributed by atoms with Gasteiger partial charge in [0.2, 0.25) is 0 Å². The van der Waals surface area contributed by atoms with E-state index in [1.165, 1.54) is 19.3 Å². The van der Waals surface area contributed by atoms with Crippen molar-refractivity contribution in [2.75, 3.05) is 18.1 Å². The van der Waals surface area contributed by atoms with E-state index >= 15 is 0 Å². The van der Waals surface area contributed by atoms with Gasteiger partial charge in [0, 0.05) is 11.8 Å². The molecule has 0 radical (unpaired) electrons. The van der Waals surface area contributed by atoms with Crippen LogP contribution in [-0.4, -0.2) is 32.5 Å². The van der Waals surface area contributed by atoms with Crippen molar-refractivity contribution in [1.29, 1.82) is 0 Å². The summed E-state index contributed by atoms with van der Waals surface area (Å²) in [5.74, 6) is 1.28. The highest BCUT2D eigenvalue weighted by Gasteiger charge is 2.19. The lowest BCUT2D eigenvalue weighted by molar-refractivity contribution is 0.463. The predicted molar refractivity (Wildman–Crippen MR) is 68.4 cm³/mol. The Morgan fingerprint density at radius 1 is 1.31 bits per heavy atom. The van der Waals surface area contributed by atoms with Crippen molar-refractivity contribution in [3.63, 3.8) is 0 Å². The fraction of sp³-hybridized carbons (Fsp3) is 1.00. The summed E-state index contributed by atoms with van der Waals surface area (Å²) in [4.78, 5) is 0. The monoisotopic (exact) mass is 247 g/mol. The van der Waals surface area contributed by atoms with E-state index in [-0.39, 0.29) is 5.75 Å². The third kappa shape index (κ3) is 6.48. The highest BCUT2D eigenvalue weighted by atomic mass is 32.2. The van der Waals surface area contributed by atoms with Crippen molar-refractivity contribution in [3.8, 4) is 0 Å². The lowest BCUT2D eigenvalue weighted by Gasteiger charge is -2.11. The Labute approximate surface area is 99.9 Å². The third-order valence-electron chi connectivity index (χ3n) is 3.24. The second kappa shape index (κ2) is 6.60. The molecule has 4 heteroatoms. The molecule has 1 atom stereocenters. The van der Waals surface area contributed by atoms with Crippen LogP contribution in [0.5, 0.6) is 0 Å². The Hall–Kier alpha value is -0.0900. The second-order valence-corrected chi connectivity index (χ2v) is 7.47. The second-order valence-electron chi connectivity index (χ2n) is 5.00. The molecule has 0 aliphatic heterocycles. The van der Waals surface area contributed by atoms with Crippen molar-refractivity contribution < 1.29 is 8.42 Å². The van der Waals surface area contributed by atoms with Crippen molar-refractivity contribution in [2.45, 2.75) is 52.0 Å². The minimum atomic E-state index is -2.75. The van der Waals surface area contributed by atoms with E-state index in [1.807, 2.05) is 0 Å². The summed E-state index contributed by atoms with van der Waals surface area (Å²) in [6.45, 7) is 5.03. The first-order valence-electron chi connectivity index (χ1n) is 6.47. The van der Waals surface area contributed by atoms with Gasteiger partial charge in [-0.25, -0.2) is 8.42 Å². The maximum Gasteiger partial charge on any atom is 0.150 e. The van der Waals surface area contributed by atoms with Gasteiger partial charge >= 0.3 is 0 Å². The molecule has 0 amide bonds. The highest BCUT2D eigenvalue weighted by molar-refractivity contribution is 7.91. The highest BCUT2D eigenvalue weighted by Crippen LogP contribution is 2.19. The molecule has 1 saturated carbocycles. The van der Waals surface area contributed by atoms with Crippen LogP contribution in [0.2, 0.25) is 0 Å². The molecular weight excluding hydrogens is 222 g/mol. The van der Waals surface area contributed by atoms with Gasteiger partial charge in [-0.3, -0.25) is 0 Å². The number of nitrogens with one attached hydrogen (secondary N) is 1. The average Bonchev–Trinajstić information content (AvgIpc) is 3.01. The summed E-state index contributed by atoms with van der Waals surface area (Å²) in [6, 6.07) is 0.785. The van der Waals surface area contributed by atoms with Crippen molar-refractivity contribution in [3.05, 3.63) is 0 Å². The number of sulfone groups is 1. The molecule has 3 nitrogen and oxygen atoms in total. The van der Waals surface area contributed by atoms with Crippen LogP contribution < -0.4 is 5.32 Å². The minimum absolute atomic E-state index is 0.282. The van der Waals surface area contributed by atoms with Gasteiger partial charge in [0.1, 0.15) is 9.84 Å². The van der Waals surface area contributed by atoms with Crippen molar-refractivity contribution in [1.82, 2.24) is 5.32 Å². The van der Waals surface area contributed by atoms with Gasteiger partial charge in [-0.2, -0.15) is 0 Å². The third-order valence-corrected chi connectivity index (χ3v) is 5.03. The van der Waals surface area contributed by atoms with Crippen LogP contribution in [0.3, 0.4) is 0 Å². The zero-order valence-electron chi connectivity index (χ0n) is 10.5. The van der Waals surface area contributed by atoms with Crippen molar-refractivity contribution in [2.24, 2.45) is 5.92 Å². The van der Waals surface area contributed by atoms with E-state index in [1.54, 1.807) is 6.92 Å². The molecule has 0 bridgehead atoms. The zero-order valence-corrected chi connectivity index (χ0v) is 11.4. The normalized spacial score (nSPS) is 18.6. The zero-order chi connectivity index (χ0) is 12.0. The molecule has 1 N–H and O–H groups in total. The van der Waals surface area contributed by atoms with Crippen LogP contribution >= 0.6 is 0 Å².